The number of benzene rings is 1. The molecule has 0 radical (unpaired) electrons. The monoisotopic (exact) mass is 365 g/mol. The number of pyridine rings is 1. The van der Waals surface area contributed by atoms with E-state index in [0.717, 1.165) is 57.2 Å². The number of aryl methyl sites for hydroxylation is 2. The molecule has 0 atom stereocenters. The summed E-state index contributed by atoms with van der Waals surface area (Å²) in [4.78, 5) is 17.7. The molecule has 5 heteroatoms. The number of rotatable bonds is 4. The average molecular weight is 365 g/mol. The summed E-state index contributed by atoms with van der Waals surface area (Å²) in [5, 5.41) is 9.41. The van der Waals surface area contributed by atoms with E-state index in [2.05, 4.69) is 11.1 Å². The molecule has 4 nitrogen and oxygen atoms in total. The van der Waals surface area contributed by atoms with Gasteiger partial charge >= 0.3 is 5.97 Å². The first-order chi connectivity index (χ1) is 12.6. The highest BCUT2D eigenvalue weighted by molar-refractivity contribution is 7.16. The van der Waals surface area contributed by atoms with E-state index in [4.69, 9.17) is 4.74 Å². The first kappa shape index (κ1) is 16.8. The molecule has 1 aliphatic heterocycles. The first-order valence-electron chi connectivity index (χ1n) is 8.64. The predicted molar refractivity (Wildman–Crippen MR) is 103 cm³/mol. The van der Waals surface area contributed by atoms with Crippen molar-refractivity contribution in [2.45, 2.75) is 26.2 Å². The number of aromatic nitrogens is 1. The summed E-state index contributed by atoms with van der Waals surface area (Å²) in [5.74, 6) is 0.131. The number of hydrogen-bond donors (Lipinski definition) is 1. The van der Waals surface area contributed by atoms with Gasteiger partial charge in [-0.25, -0.2) is 0 Å². The quantitative estimate of drug-likeness (QED) is 0.726. The lowest BCUT2D eigenvalue weighted by Gasteiger charge is -2.18. The van der Waals surface area contributed by atoms with Crippen molar-refractivity contribution in [2.24, 2.45) is 0 Å². The summed E-state index contributed by atoms with van der Waals surface area (Å²) in [5.41, 5.74) is 5.23. The zero-order chi connectivity index (χ0) is 18.1. The van der Waals surface area contributed by atoms with Gasteiger partial charge in [-0.3, -0.25) is 9.78 Å². The molecular weight excluding hydrogens is 346 g/mol. The number of fused-ring (bicyclic) bond motifs is 1. The minimum Gasteiger partial charge on any atom is -0.493 e. The van der Waals surface area contributed by atoms with Gasteiger partial charge in [0.15, 0.2) is 0 Å². The van der Waals surface area contributed by atoms with Gasteiger partial charge in [-0.1, -0.05) is 6.07 Å². The van der Waals surface area contributed by atoms with Crippen LogP contribution in [0.25, 0.3) is 21.6 Å². The molecule has 0 saturated carbocycles. The number of carboxylic acids is 1. The second-order valence-electron chi connectivity index (χ2n) is 6.42. The van der Waals surface area contributed by atoms with Crippen molar-refractivity contribution in [3.05, 3.63) is 58.7 Å². The van der Waals surface area contributed by atoms with Crippen molar-refractivity contribution in [3.63, 3.8) is 0 Å². The van der Waals surface area contributed by atoms with Gasteiger partial charge in [-0.05, 0) is 66.3 Å². The van der Waals surface area contributed by atoms with Gasteiger partial charge in [0.2, 0.25) is 0 Å². The van der Waals surface area contributed by atoms with E-state index in [-0.39, 0.29) is 6.42 Å². The summed E-state index contributed by atoms with van der Waals surface area (Å²) in [7, 11) is 0. The molecule has 3 aromatic rings. The van der Waals surface area contributed by atoms with Crippen LogP contribution in [0.3, 0.4) is 0 Å². The number of ether oxygens (including phenoxy) is 1. The SMILES string of the molecule is Cc1sc(-c2ccncc2)c(-c2ccc3c(c2)CCCO3)c1CC(=O)O. The molecule has 26 heavy (non-hydrogen) atoms. The highest BCUT2D eigenvalue weighted by atomic mass is 32.1. The molecule has 2 aromatic heterocycles. The van der Waals surface area contributed by atoms with Gasteiger partial charge in [-0.2, -0.15) is 0 Å². The highest BCUT2D eigenvalue weighted by Gasteiger charge is 2.22. The third kappa shape index (κ3) is 3.10. The molecule has 0 unspecified atom stereocenters. The number of carbonyl (C=O) groups is 1. The number of carboxylic acid groups (broad SMARTS) is 1. The lowest BCUT2D eigenvalue weighted by molar-refractivity contribution is -0.136. The Kier molecular flexibility index (Phi) is 4.47. The van der Waals surface area contributed by atoms with Gasteiger partial charge in [-0.15, -0.1) is 11.3 Å². The van der Waals surface area contributed by atoms with Crippen LogP contribution in [0.4, 0.5) is 0 Å². The largest absolute Gasteiger partial charge is 0.493 e. The average Bonchev–Trinajstić information content (AvgIpc) is 2.98. The number of aliphatic carboxylic acids is 1. The highest BCUT2D eigenvalue weighted by Crippen LogP contribution is 2.44. The minimum absolute atomic E-state index is 0.0241. The van der Waals surface area contributed by atoms with Crippen LogP contribution in [-0.2, 0) is 17.6 Å². The van der Waals surface area contributed by atoms with Crippen molar-refractivity contribution < 1.29 is 14.6 Å². The zero-order valence-electron chi connectivity index (χ0n) is 14.5. The van der Waals surface area contributed by atoms with Crippen molar-refractivity contribution >= 4 is 17.3 Å². The predicted octanol–water partition coefficient (Wildman–Crippen LogP) is 4.74. The topological polar surface area (TPSA) is 59.4 Å². The van der Waals surface area contributed by atoms with E-state index >= 15 is 0 Å². The second kappa shape index (κ2) is 6.92. The van der Waals surface area contributed by atoms with Crippen molar-refractivity contribution in [2.75, 3.05) is 6.61 Å². The minimum atomic E-state index is -0.810. The maximum Gasteiger partial charge on any atom is 0.307 e. The fourth-order valence-electron chi connectivity index (χ4n) is 3.47. The summed E-state index contributed by atoms with van der Waals surface area (Å²) in [6.07, 6.45) is 5.57. The lowest BCUT2D eigenvalue weighted by Crippen LogP contribution is -2.08. The number of hydrogen-bond acceptors (Lipinski definition) is 4. The molecule has 0 amide bonds. The lowest BCUT2D eigenvalue weighted by atomic mass is 9.93. The Morgan fingerprint density at radius 1 is 1.23 bits per heavy atom. The van der Waals surface area contributed by atoms with Gasteiger partial charge in [0.05, 0.1) is 13.0 Å². The molecule has 0 fully saturated rings. The van der Waals surface area contributed by atoms with Crippen molar-refractivity contribution in [3.8, 4) is 27.3 Å². The fraction of sp³-hybridized carbons (Fsp3) is 0.238. The Morgan fingerprint density at radius 2 is 2.04 bits per heavy atom. The molecule has 3 heterocycles. The van der Waals surface area contributed by atoms with E-state index in [0.29, 0.717) is 0 Å². The molecule has 1 aromatic carbocycles. The van der Waals surface area contributed by atoms with Crippen LogP contribution in [-0.4, -0.2) is 22.7 Å². The van der Waals surface area contributed by atoms with Crippen LogP contribution in [0, 0.1) is 6.92 Å². The third-order valence-electron chi connectivity index (χ3n) is 4.68. The van der Waals surface area contributed by atoms with E-state index < -0.39 is 5.97 Å². The Balaban J connectivity index is 1.92. The van der Waals surface area contributed by atoms with E-state index in [1.54, 1.807) is 23.7 Å². The maximum absolute atomic E-state index is 11.5. The Hall–Kier alpha value is -2.66. The summed E-state index contributed by atoms with van der Waals surface area (Å²) >= 11 is 1.65. The van der Waals surface area contributed by atoms with Crippen LogP contribution in [0.1, 0.15) is 22.4 Å². The first-order valence-corrected chi connectivity index (χ1v) is 9.45. The standard InChI is InChI=1S/C21H19NO3S/c1-13-17(12-19(23)24)20(21(26-13)14-6-8-22-9-7-14)16-4-5-18-15(11-16)3-2-10-25-18/h4-9,11H,2-3,10,12H2,1H3,(H,23,24). The summed E-state index contributed by atoms with van der Waals surface area (Å²) in [6, 6.07) is 10.2. The third-order valence-corrected chi connectivity index (χ3v) is 5.87. The Bertz CT molecular complexity index is 963. The molecule has 0 spiro atoms. The van der Waals surface area contributed by atoms with E-state index in [9.17, 15) is 9.90 Å². The summed E-state index contributed by atoms with van der Waals surface area (Å²) < 4.78 is 5.73. The van der Waals surface area contributed by atoms with Gasteiger partial charge < -0.3 is 9.84 Å². The van der Waals surface area contributed by atoms with Gasteiger partial charge in [0.1, 0.15) is 5.75 Å². The number of nitrogens with zero attached hydrogens (tertiary/aromatic N) is 1. The van der Waals surface area contributed by atoms with Crippen LogP contribution >= 0.6 is 11.3 Å². The second-order valence-corrected chi connectivity index (χ2v) is 7.65. The molecule has 0 saturated heterocycles. The molecule has 0 bridgehead atoms. The molecule has 132 valence electrons. The van der Waals surface area contributed by atoms with E-state index in [1.165, 1.54) is 5.56 Å². The van der Waals surface area contributed by atoms with Gasteiger partial charge in [0, 0.05) is 27.7 Å². The zero-order valence-corrected chi connectivity index (χ0v) is 15.3. The molecule has 0 aliphatic carbocycles. The normalized spacial score (nSPS) is 13.1. The van der Waals surface area contributed by atoms with Crippen molar-refractivity contribution in [1.29, 1.82) is 0 Å². The fourth-order valence-corrected chi connectivity index (χ4v) is 4.67. The molecular formula is C21H19NO3S. The van der Waals surface area contributed by atoms with Crippen LogP contribution < -0.4 is 4.74 Å². The Morgan fingerprint density at radius 3 is 2.81 bits per heavy atom. The Labute approximate surface area is 156 Å². The van der Waals surface area contributed by atoms with Crippen LogP contribution in [0.15, 0.2) is 42.7 Å². The van der Waals surface area contributed by atoms with Gasteiger partial charge in [0.25, 0.3) is 0 Å². The smallest absolute Gasteiger partial charge is 0.307 e. The summed E-state index contributed by atoms with van der Waals surface area (Å²) in [6.45, 7) is 2.76. The molecule has 4 rings (SSSR count). The van der Waals surface area contributed by atoms with Crippen LogP contribution in [0.5, 0.6) is 5.75 Å². The molecule has 1 aliphatic rings. The molecule has 1 N–H and O–H groups in total. The maximum atomic E-state index is 11.5. The van der Waals surface area contributed by atoms with Crippen molar-refractivity contribution in [1.82, 2.24) is 4.98 Å². The van der Waals surface area contributed by atoms with Crippen LogP contribution in [0.2, 0.25) is 0 Å². The number of thiophene rings is 1. The van der Waals surface area contributed by atoms with E-state index in [1.807, 2.05) is 31.2 Å².